The van der Waals surface area contributed by atoms with Crippen LogP contribution >= 0.6 is 0 Å². The minimum absolute atomic E-state index is 0.0884. The summed E-state index contributed by atoms with van der Waals surface area (Å²) < 4.78 is 14.5. The molecule has 1 aromatic carbocycles. The number of piperidine rings is 1. The quantitative estimate of drug-likeness (QED) is 0.577. The largest absolute Gasteiger partial charge is 0.393 e. The molecule has 140 valence electrons. The highest BCUT2D eigenvalue weighted by Crippen LogP contribution is 2.24. The summed E-state index contributed by atoms with van der Waals surface area (Å²) in [6.07, 6.45) is 1.12. The summed E-state index contributed by atoms with van der Waals surface area (Å²) in [5, 5.41) is 16.1. The van der Waals surface area contributed by atoms with Gasteiger partial charge in [0, 0.05) is 25.2 Å². The molecule has 1 aliphatic rings. The smallest absolute Gasteiger partial charge is 0.191 e. The zero-order valence-corrected chi connectivity index (χ0v) is 15.8. The Bertz CT molecular complexity index is 590. The van der Waals surface area contributed by atoms with Gasteiger partial charge in [0.25, 0.3) is 0 Å². The lowest BCUT2D eigenvalue weighted by Gasteiger charge is -2.31. The second-order valence-electron chi connectivity index (χ2n) is 7.57. The number of aliphatic imine (C=N–C) groups is 1. The van der Waals surface area contributed by atoms with Crippen LogP contribution in [0.4, 0.5) is 10.1 Å². The van der Waals surface area contributed by atoms with Gasteiger partial charge in [-0.1, -0.05) is 6.07 Å². The summed E-state index contributed by atoms with van der Waals surface area (Å²) in [7, 11) is 0. The SMILES string of the molecule is CCNC(=NCc1ccc(N2CCC(O)CC2)c(F)c1)NC(C)(C)C. The lowest BCUT2D eigenvalue weighted by atomic mass is 10.1. The molecule has 0 spiro atoms. The predicted molar refractivity (Wildman–Crippen MR) is 102 cm³/mol. The zero-order chi connectivity index (χ0) is 18.4. The van der Waals surface area contributed by atoms with E-state index in [1.165, 1.54) is 0 Å². The third-order valence-corrected chi connectivity index (χ3v) is 4.07. The van der Waals surface area contributed by atoms with Crippen LogP contribution < -0.4 is 15.5 Å². The molecule has 1 fully saturated rings. The Morgan fingerprint density at radius 1 is 1.32 bits per heavy atom. The number of aliphatic hydroxyl groups excluding tert-OH is 1. The molecule has 0 radical (unpaired) electrons. The Hall–Kier alpha value is -1.82. The molecule has 3 N–H and O–H groups in total. The monoisotopic (exact) mass is 350 g/mol. The first-order valence-corrected chi connectivity index (χ1v) is 9.06. The van der Waals surface area contributed by atoms with Crippen molar-refractivity contribution in [1.82, 2.24) is 10.6 Å². The van der Waals surface area contributed by atoms with E-state index in [2.05, 4.69) is 36.4 Å². The molecule has 6 heteroatoms. The molecule has 5 nitrogen and oxygen atoms in total. The van der Waals surface area contributed by atoms with Crippen molar-refractivity contribution in [2.24, 2.45) is 4.99 Å². The average molecular weight is 350 g/mol. The van der Waals surface area contributed by atoms with Gasteiger partial charge in [0.2, 0.25) is 0 Å². The molecule has 0 saturated carbocycles. The molecule has 0 atom stereocenters. The summed E-state index contributed by atoms with van der Waals surface area (Å²) in [4.78, 5) is 6.54. The van der Waals surface area contributed by atoms with Crippen LogP contribution in [0.5, 0.6) is 0 Å². The van der Waals surface area contributed by atoms with Crippen molar-refractivity contribution in [1.29, 1.82) is 0 Å². The number of hydrogen-bond donors (Lipinski definition) is 3. The summed E-state index contributed by atoms with van der Waals surface area (Å²) >= 11 is 0. The molecule has 25 heavy (non-hydrogen) atoms. The van der Waals surface area contributed by atoms with Gasteiger partial charge in [0.05, 0.1) is 18.3 Å². The molecule has 0 amide bonds. The van der Waals surface area contributed by atoms with Crippen molar-refractivity contribution in [3.8, 4) is 0 Å². The van der Waals surface area contributed by atoms with Crippen LogP contribution in [0.25, 0.3) is 0 Å². The number of benzene rings is 1. The fourth-order valence-electron chi connectivity index (χ4n) is 2.84. The summed E-state index contributed by atoms with van der Waals surface area (Å²) in [5.74, 6) is 0.502. The van der Waals surface area contributed by atoms with Crippen LogP contribution in [0.1, 0.15) is 46.1 Å². The number of aliphatic hydroxyl groups is 1. The van der Waals surface area contributed by atoms with Gasteiger partial charge in [-0.05, 0) is 58.2 Å². The van der Waals surface area contributed by atoms with Crippen molar-refractivity contribution >= 4 is 11.6 Å². The van der Waals surface area contributed by atoms with Gasteiger partial charge in [-0.2, -0.15) is 0 Å². The van der Waals surface area contributed by atoms with Crippen LogP contribution in [-0.2, 0) is 6.54 Å². The van der Waals surface area contributed by atoms with Crippen LogP contribution in [0.3, 0.4) is 0 Å². The third-order valence-electron chi connectivity index (χ3n) is 4.07. The highest BCUT2D eigenvalue weighted by Gasteiger charge is 2.19. The number of nitrogens with zero attached hydrogens (tertiary/aromatic N) is 2. The molecule has 0 aliphatic carbocycles. The molecule has 0 bridgehead atoms. The molecule has 0 aromatic heterocycles. The summed E-state index contributed by atoms with van der Waals surface area (Å²) in [6.45, 7) is 10.8. The second-order valence-corrected chi connectivity index (χ2v) is 7.57. The lowest BCUT2D eigenvalue weighted by Crippen LogP contribution is -2.47. The Kier molecular flexibility index (Phi) is 6.64. The van der Waals surface area contributed by atoms with Crippen LogP contribution in [0.15, 0.2) is 23.2 Å². The van der Waals surface area contributed by atoms with E-state index >= 15 is 0 Å². The Balaban J connectivity index is 2.05. The minimum Gasteiger partial charge on any atom is -0.393 e. The number of nitrogens with one attached hydrogen (secondary N) is 2. The molecule has 2 rings (SSSR count). The maximum Gasteiger partial charge on any atom is 0.191 e. The van der Waals surface area contributed by atoms with Crippen LogP contribution in [-0.4, -0.2) is 42.3 Å². The molecule has 1 aliphatic heterocycles. The van der Waals surface area contributed by atoms with E-state index in [9.17, 15) is 9.50 Å². The predicted octanol–water partition coefficient (Wildman–Crippen LogP) is 2.64. The number of anilines is 1. The van der Waals surface area contributed by atoms with Crippen molar-refractivity contribution in [3.05, 3.63) is 29.6 Å². The normalized spacial score (nSPS) is 16.9. The standard InChI is InChI=1S/C19H31FN4O/c1-5-21-18(23-19(2,3)4)22-13-14-6-7-17(16(20)12-14)24-10-8-15(25)9-11-24/h6-7,12,15,25H,5,8-11,13H2,1-4H3,(H2,21,22,23). The summed E-state index contributed by atoms with van der Waals surface area (Å²) in [6, 6.07) is 5.31. The fourth-order valence-corrected chi connectivity index (χ4v) is 2.84. The molecule has 1 aromatic rings. The zero-order valence-electron chi connectivity index (χ0n) is 15.8. The number of halogens is 1. The molecule has 0 unspecified atom stereocenters. The van der Waals surface area contributed by atoms with Gasteiger partial charge in [0.1, 0.15) is 5.82 Å². The van der Waals surface area contributed by atoms with Gasteiger partial charge >= 0.3 is 0 Å². The first kappa shape index (κ1) is 19.5. The average Bonchev–Trinajstić information content (AvgIpc) is 2.53. The highest BCUT2D eigenvalue weighted by molar-refractivity contribution is 5.80. The maximum absolute atomic E-state index is 14.5. The van der Waals surface area contributed by atoms with Crippen molar-refractivity contribution in [3.63, 3.8) is 0 Å². The maximum atomic E-state index is 14.5. The molecule has 1 heterocycles. The van der Waals surface area contributed by atoms with Crippen molar-refractivity contribution < 1.29 is 9.50 Å². The van der Waals surface area contributed by atoms with E-state index < -0.39 is 0 Å². The van der Waals surface area contributed by atoms with E-state index in [4.69, 9.17) is 0 Å². The third kappa shape index (κ3) is 6.20. The van der Waals surface area contributed by atoms with E-state index in [1.807, 2.05) is 24.0 Å². The van der Waals surface area contributed by atoms with E-state index in [1.54, 1.807) is 6.07 Å². The number of hydrogen-bond acceptors (Lipinski definition) is 3. The first-order valence-electron chi connectivity index (χ1n) is 9.06. The van der Waals surface area contributed by atoms with Gasteiger partial charge < -0.3 is 20.6 Å². The molecule has 1 saturated heterocycles. The lowest BCUT2D eigenvalue weighted by molar-refractivity contribution is 0.145. The number of rotatable bonds is 4. The fraction of sp³-hybridized carbons (Fsp3) is 0.632. The van der Waals surface area contributed by atoms with Gasteiger partial charge in [-0.3, -0.25) is 0 Å². The van der Waals surface area contributed by atoms with Crippen molar-refractivity contribution in [2.75, 3.05) is 24.5 Å². The van der Waals surface area contributed by atoms with Crippen LogP contribution in [0.2, 0.25) is 0 Å². The Morgan fingerprint density at radius 2 is 2.00 bits per heavy atom. The van der Waals surface area contributed by atoms with E-state index in [0.717, 1.165) is 18.1 Å². The van der Waals surface area contributed by atoms with Gasteiger partial charge in [-0.25, -0.2) is 9.38 Å². The van der Waals surface area contributed by atoms with Crippen molar-refractivity contribution in [2.45, 2.75) is 58.7 Å². The molecular formula is C19H31FN4O. The number of guanidine groups is 1. The summed E-state index contributed by atoms with van der Waals surface area (Å²) in [5.41, 5.74) is 1.36. The van der Waals surface area contributed by atoms with Gasteiger partial charge in [-0.15, -0.1) is 0 Å². The van der Waals surface area contributed by atoms with Crippen LogP contribution in [0, 0.1) is 5.82 Å². The van der Waals surface area contributed by atoms with E-state index in [-0.39, 0.29) is 17.5 Å². The minimum atomic E-state index is -0.257. The van der Waals surface area contributed by atoms with Gasteiger partial charge in [0.15, 0.2) is 5.96 Å². The highest BCUT2D eigenvalue weighted by atomic mass is 19.1. The van der Waals surface area contributed by atoms with E-state index in [0.29, 0.717) is 38.2 Å². The Labute approximate surface area is 150 Å². The molecular weight excluding hydrogens is 319 g/mol. The topological polar surface area (TPSA) is 59.9 Å². The second kappa shape index (κ2) is 8.52. The first-order chi connectivity index (χ1) is 11.8. The Morgan fingerprint density at radius 3 is 2.56 bits per heavy atom.